The first-order valence-electron chi connectivity index (χ1n) is 6.76. The van der Waals surface area contributed by atoms with E-state index >= 15 is 0 Å². The summed E-state index contributed by atoms with van der Waals surface area (Å²) in [5.74, 6) is 0.260. The van der Waals surface area contributed by atoms with Gasteiger partial charge in [0, 0.05) is 32.4 Å². The molecule has 0 radical (unpaired) electrons. The minimum atomic E-state index is 0.260. The summed E-state index contributed by atoms with van der Waals surface area (Å²) in [6.45, 7) is 1.46. The number of likely N-dealkylation sites (tertiary alicyclic amines) is 1. The minimum Gasteiger partial charge on any atom is -0.383 e. The highest BCUT2D eigenvalue weighted by atomic mass is 16.5. The SMILES string of the molecule is COC[C@H]1CC[C@H](COC)N1C1=CC(=O)CCC1. The molecule has 1 heterocycles. The van der Waals surface area contributed by atoms with Gasteiger partial charge in [-0.25, -0.2) is 0 Å². The summed E-state index contributed by atoms with van der Waals surface area (Å²) < 4.78 is 10.6. The molecule has 2 atom stereocenters. The number of carbonyl (C=O) groups excluding carboxylic acids is 1. The zero-order chi connectivity index (χ0) is 13.0. The van der Waals surface area contributed by atoms with Crippen molar-refractivity contribution in [3.8, 4) is 0 Å². The monoisotopic (exact) mass is 253 g/mol. The standard InChI is InChI=1S/C14H23NO3/c1-17-9-12-6-7-13(10-18-2)15(12)11-4-3-5-14(16)8-11/h8,12-13H,3-7,9-10H2,1-2H3/t12-,13-/m1/s1. The van der Waals surface area contributed by atoms with E-state index in [-0.39, 0.29) is 5.78 Å². The fraction of sp³-hybridized carbons (Fsp3) is 0.786. The van der Waals surface area contributed by atoms with Gasteiger partial charge in [0.05, 0.1) is 25.3 Å². The van der Waals surface area contributed by atoms with Crippen LogP contribution in [-0.4, -0.2) is 50.2 Å². The molecule has 0 bridgehead atoms. The van der Waals surface area contributed by atoms with Gasteiger partial charge >= 0.3 is 0 Å². The highest BCUT2D eigenvalue weighted by Gasteiger charge is 2.35. The molecule has 0 aromatic carbocycles. The van der Waals surface area contributed by atoms with Crippen molar-refractivity contribution in [1.82, 2.24) is 4.90 Å². The van der Waals surface area contributed by atoms with Gasteiger partial charge in [-0.3, -0.25) is 4.79 Å². The second-order valence-electron chi connectivity index (χ2n) is 5.16. The Balaban J connectivity index is 2.14. The van der Waals surface area contributed by atoms with Crippen LogP contribution < -0.4 is 0 Å². The number of nitrogens with zero attached hydrogens (tertiary/aromatic N) is 1. The fourth-order valence-electron chi connectivity index (χ4n) is 3.12. The zero-order valence-corrected chi connectivity index (χ0v) is 11.4. The highest BCUT2D eigenvalue weighted by molar-refractivity contribution is 5.91. The predicted octanol–water partition coefficient (Wildman–Crippen LogP) is 1.75. The lowest BCUT2D eigenvalue weighted by Crippen LogP contribution is -2.40. The van der Waals surface area contributed by atoms with E-state index in [1.54, 1.807) is 14.2 Å². The first-order valence-corrected chi connectivity index (χ1v) is 6.76. The number of hydrogen-bond acceptors (Lipinski definition) is 4. The van der Waals surface area contributed by atoms with Gasteiger partial charge in [-0.1, -0.05) is 0 Å². The lowest BCUT2D eigenvalue weighted by molar-refractivity contribution is -0.115. The van der Waals surface area contributed by atoms with E-state index < -0.39 is 0 Å². The van der Waals surface area contributed by atoms with Crippen LogP contribution in [0.25, 0.3) is 0 Å². The van der Waals surface area contributed by atoms with Gasteiger partial charge < -0.3 is 14.4 Å². The van der Waals surface area contributed by atoms with Crippen LogP contribution in [0.2, 0.25) is 0 Å². The van der Waals surface area contributed by atoms with Gasteiger partial charge in [0.2, 0.25) is 0 Å². The van der Waals surface area contributed by atoms with Crippen LogP contribution in [0.15, 0.2) is 11.8 Å². The molecule has 18 heavy (non-hydrogen) atoms. The van der Waals surface area contributed by atoms with E-state index in [0.717, 1.165) is 38.9 Å². The minimum absolute atomic E-state index is 0.260. The molecule has 0 N–H and O–H groups in total. The highest BCUT2D eigenvalue weighted by Crippen LogP contribution is 2.32. The third-order valence-electron chi connectivity index (χ3n) is 3.85. The maximum Gasteiger partial charge on any atom is 0.157 e. The average Bonchev–Trinajstić information content (AvgIpc) is 2.73. The molecule has 4 nitrogen and oxygen atoms in total. The molecule has 1 aliphatic heterocycles. The Labute approximate surface area is 109 Å². The molecular formula is C14H23NO3. The van der Waals surface area contributed by atoms with E-state index in [0.29, 0.717) is 18.5 Å². The van der Waals surface area contributed by atoms with Crippen molar-refractivity contribution in [2.24, 2.45) is 0 Å². The Bertz CT molecular complexity index is 313. The summed E-state index contributed by atoms with van der Waals surface area (Å²) in [6, 6.07) is 0.791. The van der Waals surface area contributed by atoms with E-state index in [1.807, 2.05) is 6.08 Å². The molecule has 0 amide bonds. The third-order valence-corrected chi connectivity index (χ3v) is 3.85. The maximum atomic E-state index is 11.6. The first kappa shape index (κ1) is 13.6. The van der Waals surface area contributed by atoms with Crippen LogP contribution in [0, 0.1) is 0 Å². The molecule has 0 spiro atoms. The number of rotatable bonds is 5. The predicted molar refractivity (Wildman–Crippen MR) is 69.3 cm³/mol. The van der Waals surface area contributed by atoms with Gasteiger partial charge in [0.15, 0.2) is 5.78 Å². The number of allylic oxidation sites excluding steroid dienone is 2. The number of ketones is 1. The smallest absolute Gasteiger partial charge is 0.157 e. The molecule has 1 fully saturated rings. The second-order valence-corrected chi connectivity index (χ2v) is 5.16. The molecule has 0 aromatic rings. The van der Waals surface area contributed by atoms with Crippen LogP contribution in [0.3, 0.4) is 0 Å². The molecule has 2 rings (SSSR count). The maximum absolute atomic E-state index is 11.6. The van der Waals surface area contributed by atoms with Gasteiger partial charge in [0.25, 0.3) is 0 Å². The van der Waals surface area contributed by atoms with Crippen LogP contribution in [0.4, 0.5) is 0 Å². The van der Waals surface area contributed by atoms with Crippen molar-refractivity contribution < 1.29 is 14.3 Å². The van der Waals surface area contributed by atoms with Gasteiger partial charge in [-0.05, 0) is 25.7 Å². The zero-order valence-electron chi connectivity index (χ0n) is 11.4. The Kier molecular flexibility index (Phi) is 4.78. The van der Waals surface area contributed by atoms with Crippen molar-refractivity contribution in [3.05, 3.63) is 11.8 Å². The summed E-state index contributed by atoms with van der Waals surface area (Å²) in [6.07, 6.45) is 6.74. The summed E-state index contributed by atoms with van der Waals surface area (Å²) in [4.78, 5) is 14.0. The molecule has 0 unspecified atom stereocenters. The molecule has 2 aliphatic rings. The summed E-state index contributed by atoms with van der Waals surface area (Å²) in [5.41, 5.74) is 1.19. The lowest BCUT2D eigenvalue weighted by atomic mass is 10.0. The van der Waals surface area contributed by atoms with E-state index in [1.165, 1.54) is 5.70 Å². The Morgan fingerprint density at radius 3 is 2.28 bits per heavy atom. The van der Waals surface area contributed by atoms with Gasteiger partial charge in [0.1, 0.15) is 0 Å². The quantitative estimate of drug-likeness (QED) is 0.748. The first-order chi connectivity index (χ1) is 8.76. The van der Waals surface area contributed by atoms with E-state index in [4.69, 9.17) is 9.47 Å². The van der Waals surface area contributed by atoms with Gasteiger partial charge in [-0.2, -0.15) is 0 Å². The van der Waals surface area contributed by atoms with Crippen LogP contribution in [0.1, 0.15) is 32.1 Å². The number of methoxy groups -OCH3 is 2. The van der Waals surface area contributed by atoms with E-state index in [2.05, 4.69) is 4.90 Å². The largest absolute Gasteiger partial charge is 0.383 e. The van der Waals surface area contributed by atoms with Crippen molar-refractivity contribution >= 4 is 5.78 Å². The Hall–Kier alpha value is -0.870. The van der Waals surface area contributed by atoms with Crippen molar-refractivity contribution in [2.75, 3.05) is 27.4 Å². The number of carbonyl (C=O) groups is 1. The van der Waals surface area contributed by atoms with Crippen molar-refractivity contribution in [1.29, 1.82) is 0 Å². The molecule has 1 aliphatic carbocycles. The molecule has 0 aromatic heterocycles. The third kappa shape index (κ3) is 2.93. The topological polar surface area (TPSA) is 38.8 Å². The van der Waals surface area contributed by atoms with Crippen LogP contribution >= 0.6 is 0 Å². The molecule has 1 saturated heterocycles. The number of hydrogen-bond donors (Lipinski definition) is 0. The Morgan fingerprint density at radius 1 is 1.17 bits per heavy atom. The normalized spacial score (nSPS) is 28.7. The molecule has 0 saturated carbocycles. The number of ether oxygens (including phenoxy) is 2. The summed E-state index contributed by atoms with van der Waals surface area (Å²) >= 11 is 0. The summed E-state index contributed by atoms with van der Waals surface area (Å²) in [5, 5.41) is 0. The van der Waals surface area contributed by atoms with Crippen molar-refractivity contribution in [2.45, 2.75) is 44.2 Å². The van der Waals surface area contributed by atoms with Crippen molar-refractivity contribution in [3.63, 3.8) is 0 Å². The molecule has 102 valence electrons. The van der Waals surface area contributed by atoms with Gasteiger partial charge in [-0.15, -0.1) is 0 Å². The summed E-state index contributed by atoms with van der Waals surface area (Å²) in [7, 11) is 3.48. The molecule has 4 heteroatoms. The molecular weight excluding hydrogens is 230 g/mol. The second kappa shape index (κ2) is 6.34. The van der Waals surface area contributed by atoms with Crippen LogP contribution in [-0.2, 0) is 14.3 Å². The Morgan fingerprint density at radius 2 is 1.78 bits per heavy atom. The van der Waals surface area contributed by atoms with Crippen LogP contribution in [0.5, 0.6) is 0 Å². The fourth-order valence-corrected chi connectivity index (χ4v) is 3.12. The lowest BCUT2D eigenvalue weighted by Gasteiger charge is -2.35. The van der Waals surface area contributed by atoms with E-state index in [9.17, 15) is 4.79 Å². The average molecular weight is 253 g/mol.